The summed E-state index contributed by atoms with van der Waals surface area (Å²) in [6.07, 6.45) is -3.10. The van der Waals surface area contributed by atoms with Crippen LogP contribution in [0.2, 0.25) is 0 Å². The van der Waals surface area contributed by atoms with Gasteiger partial charge in [-0.1, -0.05) is 6.07 Å². The number of rotatable bonds is 3. The Hall–Kier alpha value is -1.82. The Morgan fingerprint density at radius 1 is 1.40 bits per heavy atom. The summed E-state index contributed by atoms with van der Waals surface area (Å²) in [4.78, 5) is 10.8. The number of thioether (sulfide) groups is 1. The van der Waals surface area contributed by atoms with E-state index in [1.54, 1.807) is 0 Å². The van der Waals surface area contributed by atoms with Gasteiger partial charge in [0.15, 0.2) is 0 Å². The number of carbonyl (C=O) groups excluding carboxylic acids is 1. The Bertz CT molecular complexity index is 565. The van der Waals surface area contributed by atoms with Gasteiger partial charge in [0.05, 0.1) is 18.2 Å². The molecular formula is C11H6F5NO2S. The summed E-state index contributed by atoms with van der Waals surface area (Å²) in [6, 6.07) is 2.72. The number of methoxy groups -OCH3 is 1. The summed E-state index contributed by atoms with van der Waals surface area (Å²) in [6.45, 7) is 0. The first kappa shape index (κ1) is 16.2. The average molecular weight is 311 g/mol. The normalized spacial score (nSPS) is 11.3. The number of hydrogen-bond donors (Lipinski definition) is 0. The van der Waals surface area contributed by atoms with E-state index in [2.05, 4.69) is 4.74 Å². The summed E-state index contributed by atoms with van der Waals surface area (Å²) in [5, 5.41) is 8.83. The number of alkyl halides is 5. The van der Waals surface area contributed by atoms with Gasteiger partial charge in [-0.15, -0.1) is 0 Å². The minimum Gasteiger partial charge on any atom is -0.465 e. The van der Waals surface area contributed by atoms with Gasteiger partial charge in [-0.2, -0.15) is 18.4 Å². The Morgan fingerprint density at radius 3 is 2.40 bits per heavy atom. The average Bonchev–Trinajstić information content (AvgIpc) is 2.34. The van der Waals surface area contributed by atoms with Crippen LogP contribution in [0.5, 0.6) is 0 Å². The smallest absolute Gasteiger partial charge is 0.446 e. The number of esters is 1. The van der Waals surface area contributed by atoms with Crippen LogP contribution in [0.1, 0.15) is 27.9 Å². The highest BCUT2D eigenvalue weighted by molar-refractivity contribution is 8.00. The van der Waals surface area contributed by atoms with Crippen LogP contribution in [0.3, 0.4) is 0 Å². The van der Waals surface area contributed by atoms with Crippen LogP contribution in [-0.4, -0.2) is 18.6 Å². The second-order valence-electron chi connectivity index (χ2n) is 3.35. The number of hydrogen-bond acceptors (Lipinski definition) is 4. The molecule has 0 bridgehead atoms. The van der Waals surface area contributed by atoms with Gasteiger partial charge in [0, 0.05) is 10.5 Å². The minimum atomic E-state index is -4.73. The fraction of sp³-hybridized carbons (Fsp3) is 0.273. The maximum absolute atomic E-state index is 12.7. The first-order valence-electron chi connectivity index (χ1n) is 4.90. The Labute approximate surface area is 114 Å². The van der Waals surface area contributed by atoms with E-state index < -0.39 is 51.3 Å². The molecule has 0 aliphatic rings. The van der Waals surface area contributed by atoms with Crippen molar-refractivity contribution in [3.8, 4) is 6.07 Å². The molecule has 3 nitrogen and oxygen atoms in total. The lowest BCUT2D eigenvalue weighted by Crippen LogP contribution is -2.11. The highest BCUT2D eigenvalue weighted by atomic mass is 32.2. The molecule has 1 rings (SSSR count). The number of nitriles is 1. The minimum absolute atomic E-state index is 0.662. The van der Waals surface area contributed by atoms with Gasteiger partial charge in [0.25, 0.3) is 6.43 Å². The third-order valence-corrected chi connectivity index (χ3v) is 2.95. The van der Waals surface area contributed by atoms with E-state index in [0.29, 0.717) is 12.1 Å². The van der Waals surface area contributed by atoms with Crippen LogP contribution >= 0.6 is 11.8 Å². The molecule has 0 fully saturated rings. The first-order valence-corrected chi connectivity index (χ1v) is 5.72. The SMILES string of the molecule is COC(=O)c1c(SC(F)(F)F)ccc(C(F)F)c1C#N. The predicted molar refractivity (Wildman–Crippen MR) is 59.4 cm³/mol. The highest BCUT2D eigenvalue weighted by Crippen LogP contribution is 2.41. The molecule has 20 heavy (non-hydrogen) atoms. The highest BCUT2D eigenvalue weighted by Gasteiger charge is 2.34. The van der Waals surface area contributed by atoms with Gasteiger partial charge in [0.1, 0.15) is 6.07 Å². The number of benzene rings is 1. The lowest BCUT2D eigenvalue weighted by molar-refractivity contribution is -0.0328. The number of ether oxygens (including phenoxy) is 1. The van der Waals surface area contributed by atoms with Crippen molar-refractivity contribution in [3.63, 3.8) is 0 Å². The van der Waals surface area contributed by atoms with Gasteiger partial charge in [0.2, 0.25) is 0 Å². The molecule has 0 atom stereocenters. The fourth-order valence-corrected chi connectivity index (χ4v) is 2.09. The van der Waals surface area contributed by atoms with Crippen molar-refractivity contribution in [1.82, 2.24) is 0 Å². The van der Waals surface area contributed by atoms with Crippen molar-refractivity contribution >= 4 is 17.7 Å². The molecule has 0 unspecified atom stereocenters. The zero-order valence-corrected chi connectivity index (χ0v) is 10.6. The fourth-order valence-electron chi connectivity index (χ4n) is 1.42. The summed E-state index contributed by atoms with van der Waals surface area (Å²) in [5.74, 6) is -1.28. The lowest BCUT2D eigenvalue weighted by atomic mass is 10.0. The Morgan fingerprint density at radius 2 is 2.00 bits per heavy atom. The van der Waals surface area contributed by atoms with Gasteiger partial charge in [-0.05, 0) is 17.8 Å². The van der Waals surface area contributed by atoms with Crippen LogP contribution in [0, 0.1) is 11.3 Å². The van der Waals surface area contributed by atoms with E-state index in [-0.39, 0.29) is 0 Å². The Balaban J connectivity index is 3.55. The summed E-state index contributed by atoms with van der Waals surface area (Å²) in [7, 11) is 0.876. The van der Waals surface area contributed by atoms with E-state index in [0.717, 1.165) is 7.11 Å². The first-order chi connectivity index (χ1) is 9.21. The maximum Gasteiger partial charge on any atom is 0.446 e. The van der Waals surface area contributed by atoms with Gasteiger partial charge >= 0.3 is 11.5 Å². The van der Waals surface area contributed by atoms with Gasteiger partial charge < -0.3 is 4.74 Å². The molecule has 0 N–H and O–H groups in total. The monoisotopic (exact) mass is 311 g/mol. The summed E-state index contributed by atoms with van der Waals surface area (Å²) in [5.41, 5.74) is -7.18. The molecule has 0 aliphatic carbocycles. The van der Waals surface area contributed by atoms with Crippen LogP contribution in [-0.2, 0) is 4.74 Å². The Kier molecular flexibility index (Phi) is 4.94. The maximum atomic E-state index is 12.7. The number of carbonyl (C=O) groups is 1. The molecule has 0 saturated carbocycles. The third kappa shape index (κ3) is 3.60. The van der Waals surface area contributed by atoms with Gasteiger partial charge in [-0.3, -0.25) is 0 Å². The molecule has 0 amide bonds. The van der Waals surface area contributed by atoms with E-state index in [4.69, 9.17) is 5.26 Å². The third-order valence-electron chi connectivity index (χ3n) is 2.16. The standard InChI is InChI=1S/C11H6F5NO2S/c1-19-10(18)8-6(4-17)5(9(12)13)2-3-7(8)20-11(14,15)16/h2-3,9H,1H3. The van der Waals surface area contributed by atoms with E-state index in [1.807, 2.05) is 0 Å². The van der Waals surface area contributed by atoms with E-state index in [9.17, 15) is 26.7 Å². The van der Waals surface area contributed by atoms with Crippen molar-refractivity contribution < 1.29 is 31.5 Å². The lowest BCUT2D eigenvalue weighted by Gasteiger charge is -2.13. The molecule has 0 radical (unpaired) electrons. The predicted octanol–water partition coefficient (Wildman–Crippen LogP) is 3.89. The van der Waals surface area contributed by atoms with E-state index in [1.165, 1.54) is 6.07 Å². The van der Waals surface area contributed by atoms with Crippen LogP contribution < -0.4 is 0 Å². The molecule has 1 aromatic rings. The molecule has 0 heterocycles. The molecule has 0 aromatic heterocycles. The zero-order chi connectivity index (χ0) is 15.5. The van der Waals surface area contributed by atoms with Crippen molar-refractivity contribution in [2.75, 3.05) is 7.11 Å². The molecule has 1 aromatic carbocycles. The van der Waals surface area contributed by atoms with Crippen LogP contribution in [0.25, 0.3) is 0 Å². The van der Waals surface area contributed by atoms with Crippen LogP contribution in [0.4, 0.5) is 22.0 Å². The molecular weight excluding hydrogens is 305 g/mol. The van der Waals surface area contributed by atoms with Crippen LogP contribution in [0.15, 0.2) is 17.0 Å². The van der Waals surface area contributed by atoms with Gasteiger partial charge in [-0.25, -0.2) is 13.6 Å². The van der Waals surface area contributed by atoms with Crippen molar-refractivity contribution in [2.45, 2.75) is 16.8 Å². The molecule has 108 valence electrons. The summed E-state index contributed by atoms with van der Waals surface area (Å²) >= 11 is -0.676. The summed E-state index contributed by atoms with van der Waals surface area (Å²) < 4.78 is 66.7. The topological polar surface area (TPSA) is 50.1 Å². The van der Waals surface area contributed by atoms with Crippen molar-refractivity contribution in [3.05, 3.63) is 28.8 Å². The quantitative estimate of drug-likeness (QED) is 0.483. The second-order valence-corrected chi connectivity index (χ2v) is 4.46. The molecule has 0 spiro atoms. The second kappa shape index (κ2) is 6.09. The number of nitrogens with zero attached hydrogens (tertiary/aromatic N) is 1. The van der Waals surface area contributed by atoms with Crippen molar-refractivity contribution in [1.29, 1.82) is 5.26 Å². The van der Waals surface area contributed by atoms with Crippen molar-refractivity contribution in [2.24, 2.45) is 0 Å². The number of halogens is 5. The molecule has 9 heteroatoms. The molecule has 0 saturated heterocycles. The zero-order valence-electron chi connectivity index (χ0n) is 9.79. The molecule has 0 aliphatic heterocycles. The largest absolute Gasteiger partial charge is 0.465 e. The van der Waals surface area contributed by atoms with E-state index >= 15 is 0 Å².